The molecule has 1 saturated heterocycles. The number of anilines is 2. The number of alkyl halides is 3. The molecule has 0 saturated carbocycles. The molecule has 1 aliphatic rings. The van der Waals surface area contributed by atoms with Gasteiger partial charge in [-0.1, -0.05) is 0 Å². The molecule has 1 amide bonds. The lowest BCUT2D eigenvalue weighted by molar-refractivity contribution is -0.147. The van der Waals surface area contributed by atoms with Crippen molar-refractivity contribution in [2.45, 2.75) is 44.3 Å². The van der Waals surface area contributed by atoms with Gasteiger partial charge in [0, 0.05) is 37.9 Å². The molecular formula is C23H25F3N4O4S. The van der Waals surface area contributed by atoms with E-state index in [9.17, 15) is 26.4 Å². The fraction of sp³-hybridized carbons (Fsp3) is 0.391. The summed E-state index contributed by atoms with van der Waals surface area (Å²) in [5.41, 5.74) is 1.24. The number of amides is 1. The van der Waals surface area contributed by atoms with Crippen LogP contribution in [0.2, 0.25) is 0 Å². The Labute approximate surface area is 200 Å². The molecule has 3 aromatic rings. The van der Waals surface area contributed by atoms with Crippen LogP contribution in [0.5, 0.6) is 0 Å². The van der Waals surface area contributed by atoms with Crippen LogP contribution in [-0.4, -0.2) is 37.1 Å². The number of hydrogen-bond donors (Lipinski definition) is 2. The summed E-state index contributed by atoms with van der Waals surface area (Å²) in [5.74, 6) is -1.27. The Morgan fingerprint density at radius 1 is 1.14 bits per heavy atom. The first-order valence-corrected chi connectivity index (χ1v) is 12.5. The van der Waals surface area contributed by atoms with E-state index in [1.165, 1.54) is 54.8 Å². The molecule has 35 heavy (non-hydrogen) atoms. The van der Waals surface area contributed by atoms with E-state index in [-0.39, 0.29) is 40.0 Å². The van der Waals surface area contributed by atoms with Gasteiger partial charge in [-0.25, -0.2) is 13.4 Å². The highest BCUT2D eigenvalue weighted by Crippen LogP contribution is 2.36. The average molecular weight is 511 g/mol. The normalized spacial score (nSPS) is 15.3. The molecule has 0 bridgehead atoms. The topological polar surface area (TPSA) is 102 Å². The summed E-state index contributed by atoms with van der Waals surface area (Å²) >= 11 is 0. The van der Waals surface area contributed by atoms with Crippen LogP contribution in [0.4, 0.5) is 24.5 Å². The third-order valence-corrected chi connectivity index (χ3v) is 7.32. The number of fused-ring (bicyclic) bond motifs is 1. The largest absolute Gasteiger partial charge is 0.449 e. The molecule has 8 nitrogen and oxygen atoms in total. The van der Waals surface area contributed by atoms with Crippen molar-refractivity contribution in [3.05, 3.63) is 47.8 Å². The van der Waals surface area contributed by atoms with E-state index in [0.717, 1.165) is 0 Å². The van der Waals surface area contributed by atoms with Gasteiger partial charge >= 0.3 is 6.18 Å². The number of carbonyl (C=O) groups excluding carboxylic acids is 1. The fourth-order valence-corrected chi connectivity index (χ4v) is 5.27. The summed E-state index contributed by atoms with van der Waals surface area (Å²) in [6, 6.07) is 8.45. The van der Waals surface area contributed by atoms with Gasteiger partial charge in [-0.2, -0.15) is 13.2 Å². The highest BCUT2D eigenvalue weighted by molar-refractivity contribution is 7.92. The second kappa shape index (κ2) is 9.50. The number of nitrogens with one attached hydrogen (secondary N) is 2. The number of halogens is 3. The Bertz CT molecular complexity index is 1350. The summed E-state index contributed by atoms with van der Waals surface area (Å²) in [4.78, 5) is 15.0. The SMILES string of the molecule is CC(=O)Nc1ccc(S(=O)(=O)Nc2ccc3c(nc(C(F)(F)F)n3CC3CCOCC3)c2C)cc1. The van der Waals surface area contributed by atoms with Crippen LogP contribution in [0.1, 0.15) is 31.2 Å². The standard InChI is InChI=1S/C23H25F3N4O4S/c1-14-19(29-35(32,33)18-5-3-17(4-6-18)27-15(2)31)7-8-20-21(14)28-22(23(24,25)26)30(20)13-16-9-11-34-12-10-16/h3-8,16,29H,9-13H2,1-2H3,(H,27,31). The maximum atomic E-state index is 13.8. The van der Waals surface area contributed by atoms with Crippen molar-refractivity contribution >= 4 is 38.3 Å². The van der Waals surface area contributed by atoms with Crippen molar-refractivity contribution in [3.63, 3.8) is 0 Å². The zero-order chi connectivity index (χ0) is 25.4. The molecule has 0 unspecified atom stereocenters. The first-order valence-electron chi connectivity index (χ1n) is 11.0. The van der Waals surface area contributed by atoms with Crippen molar-refractivity contribution in [2.75, 3.05) is 23.3 Å². The van der Waals surface area contributed by atoms with Crippen LogP contribution in [0.15, 0.2) is 41.3 Å². The Balaban J connectivity index is 1.68. The third kappa shape index (κ3) is 5.43. The predicted molar refractivity (Wildman–Crippen MR) is 125 cm³/mol. The second-order valence-electron chi connectivity index (χ2n) is 8.52. The number of aryl methyl sites for hydroxylation is 1. The maximum absolute atomic E-state index is 13.8. The van der Waals surface area contributed by atoms with Gasteiger partial charge in [0.05, 0.1) is 21.6 Å². The van der Waals surface area contributed by atoms with Crippen molar-refractivity contribution in [2.24, 2.45) is 5.92 Å². The van der Waals surface area contributed by atoms with E-state index in [1.54, 1.807) is 0 Å². The number of aromatic nitrogens is 2. The average Bonchev–Trinajstić information content (AvgIpc) is 3.16. The van der Waals surface area contributed by atoms with Crippen LogP contribution >= 0.6 is 0 Å². The zero-order valence-electron chi connectivity index (χ0n) is 19.1. The van der Waals surface area contributed by atoms with E-state index in [1.807, 2.05) is 0 Å². The second-order valence-corrected chi connectivity index (χ2v) is 10.2. The molecule has 1 fully saturated rings. The van der Waals surface area contributed by atoms with Crippen LogP contribution in [0.25, 0.3) is 11.0 Å². The monoisotopic (exact) mass is 510 g/mol. The molecule has 0 radical (unpaired) electrons. The first-order chi connectivity index (χ1) is 16.5. The van der Waals surface area contributed by atoms with Gasteiger partial charge in [0.2, 0.25) is 11.7 Å². The molecule has 0 aliphatic carbocycles. The number of nitrogens with zero attached hydrogens (tertiary/aromatic N) is 2. The molecule has 1 aromatic heterocycles. The summed E-state index contributed by atoms with van der Waals surface area (Å²) in [5, 5.41) is 2.55. The van der Waals surface area contributed by atoms with Crippen LogP contribution in [0.3, 0.4) is 0 Å². The third-order valence-electron chi connectivity index (χ3n) is 5.94. The Hall–Kier alpha value is -3.12. The van der Waals surface area contributed by atoms with E-state index in [4.69, 9.17) is 4.74 Å². The van der Waals surface area contributed by atoms with Gasteiger partial charge in [0.15, 0.2) is 0 Å². The quantitative estimate of drug-likeness (QED) is 0.507. The Morgan fingerprint density at radius 2 is 1.80 bits per heavy atom. The van der Waals surface area contributed by atoms with Gasteiger partial charge in [-0.05, 0) is 62.1 Å². The lowest BCUT2D eigenvalue weighted by atomic mass is 10.00. The lowest BCUT2D eigenvalue weighted by Gasteiger charge is -2.24. The summed E-state index contributed by atoms with van der Waals surface area (Å²) in [6.07, 6.45) is -3.34. The van der Waals surface area contributed by atoms with Gasteiger partial charge < -0.3 is 14.6 Å². The highest BCUT2D eigenvalue weighted by Gasteiger charge is 2.38. The highest BCUT2D eigenvalue weighted by atomic mass is 32.2. The molecule has 1 aliphatic heterocycles. The molecule has 0 spiro atoms. The zero-order valence-corrected chi connectivity index (χ0v) is 20.0. The number of rotatable bonds is 6. The van der Waals surface area contributed by atoms with E-state index < -0.39 is 22.0 Å². The summed E-state index contributed by atoms with van der Waals surface area (Å²) < 4.78 is 76.2. The van der Waals surface area contributed by atoms with Crippen molar-refractivity contribution in [3.8, 4) is 0 Å². The van der Waals surface area contributed by atoms with Crippen LogP contribution in [-0.2, 0) is 32.3 Å². The molecule has 2 heterocycles. The minimum Gasteiger partial charge on any atom is -0.381 e. The van der Waals surface area contributed by atoms with Crippen molar-refractivity contribution in [1.82, 2.24) is 9.55 Å². The van der Waals surface area contributed by atoms with Gasteiger partial charge in [0.1, 0.15) is 0 Å². The number of carbonyl (C=O) groups is 1. The number of hydrogen-bond acceptors (Lipinski definition) is 5. The predicted octanol–water partition coefficient (Wildman–Crippen LogP) is 4.55. The first kappa shape index (κ1) is 25.0. The minimum atomic E-state index is -4.66. The molecule has 2 aromatic carbocycles. The molecular weight excluding hydrogens is 485 g/mol. The number of imidazole rings is 1. The summed E-state index contributed by atoms with van der Waals surface area (Å²) in [6.45, 7) is 4.04. The molecule has 4 rings (SSSR count). The molecule has 12 heteroatoms. The van der Waals surface area contributed by atoms with Crippen LogP contribution in [0, 0.1) is 12.8 Å². The summed E-state index contributed by atoms with van der Waals surface area (Å²) in [7, 11) is -4.04. The van der Waals surface area contributed by atoms with E-state index in [2.05, 4.69) is 15.0 Å². The van der Waals surface area contributed by atoms with Gasteiger partial charge in [-0.15, -0.1) is 0 Å². The number of benzene rings is 2. The van der Waals surface area contributed by atoms with Crippen molar-refractivity contribution in [1.29, 1.82) is 0 Å². The Kier molecular flexibility index (Phi) is 6.78. The fourth-order valence-electron chi connectivity index (χ4n) is 4.15. The number of sulfonamides is 1. The van der Waals surface area contributed by atoms with E-state index in [0.29, 0.717) is 37.3 Å². The molecule has 0 atom stereocenters. The molecule has 2 N–H and O–H groups in total. The Morgan fingerprint density at radius 3 is 2.40 bits per heavy atom. The number of ether oxygens (including phenoxy) is 1. The van der Waals surface area contributed by atoms with Gasteiger partial charge in [-0.3, -0.25) is 9.52 Å². The lowest BCUT2D eigenvalue weighted by Crippen LogP contribution is -2.23. The van der Waals surface area contributed by atoms with Gasteiger partial charge in [0.25, 0.3) is 10.0 Å². The minimum absolute atomic E-state index is 0.0289. The van der Waals surface area contributed by atoms with Crippen LogP contribution < -0.4 is 10.0 Å². The van der Waals surface area contributed by atoms with Crippen molar-refractivity contribution < 1.29 is 31.1 Å². The molecule has 188 valence electrons. The maximum Gasteiger partial charge on any atom is 0.449 e. The smallest absolute Gasteiger partial charge is 0.381 e. The van der Waals surface area contributed by atoms with E-state index >= 15 is 0 Å².